The van der Waals surface area contributed by atoms with Crippen molar-refractivity contribution in [3.8, 4) is 5.69 Å². The maximum absolute atomic E-state index is 9.08. The minimum Gasteiger partial charge on any atom is -0.395 e. The van der Waals surface area contributed by atoms with Crippen LogP contribution in [0.4, 0.5) is 0 Å². The molecule has 1 aromatic heterocycles. The van der Waals surface area contributed by atoms with Crippen LogP contribution < -0.4 is 5.32 Å². The molecule has 0 bridgehead atoms. The molecular formula is C13H18N4O. The molecule has 2 rings (SSSR count). The zero-order valence-electron chi connectivity index (χ0n) is 10.5. The Kier molecular flexibility index (Phi) is 4.44. The SMILES string of the molecule is CC[C@@H](CO)NCc1cnn(-c2ccccc2)n1. The second kappa shape index (κ2) is 6.28. The summed E-state index contributed by atoms with van der Waals surface area (Å²) in [6.07, 6.45) is 2.63. The maximum Gasteiger partial charge on any atom is 0.0969 e. The molecule has 2 aromatic rings. The van der Waals surface area contributed by atoms with Crippen LogP contribution in [0.2, 0.25) is 0 Å². The zero-order chi connectivity index (χ0) is 12.8. The van der Waals surface area contributed by atoms with Crippen LogP contribution in [0.25, 0.3) is 5.69 Å². The van der Waals surface area contributed by atoms with E-state index in [-0.39, 0.29) is 12.6 Å². The number of para-hydroxylation sites is 1. The van der Waals surface area contributed by atoms with Crippen molar-refractivity contribution < 1.29 is 5.11 Å². The van der Waals surface area contributed by atoms with E-state index in [0.29, 0.717) is 6.54 Å². The summed E-state index contributed by atoms with van der Waals surface area (Å²) < 4.78 is 0. The van der Waals surface area contributed by atoms with Crippen molar-refractivity contribution in [2.75, 3.05) is 6.61 Å². The third-order valence-corrected chi connectivity index (χ3v) is 2.81. The first-order valence-electron chi connectivity index (χ1n) is 6.14. The minimum atomic E-state index is 0.117. The summed E-state index contributed by atoms with van der Waals surface area (Å²) in [5.74, 6) is 0. The molecule has 0 aliphatic carbocycles. The van der Waals surface area contributed by atoms with E-state index >= 15 is 0 Å². The van der Waals surface area contributed by atoms with Gasteiger partial charge in [-0.25, -0.2) is 0 Å². The Morgan fingerprint density at radius 1 is 1.33 bits per heavy atom. The molecule has 0 aliphatic heterocycles. The lowest BCUT2D eigenvalue weighted by molar-refractivity contribution is 0.238. The van der Waals surface area contributed by atoms with Gasteiger partial charge in [0.1, 0.15) is 0 Å². The molecule has 2 N–H and O–H groups in total. The summed E-state index contributed by atoms with van der Waals surface area (Å²) in [5.41, 5.74) is 1.81. The average Bonchev–Trinajstić information content (AvgIpc) is 2.90. The molecule has 5 heteroatoms. The molecule has 0 saturated carbocycles. The number of nitrogens with one attached hydrogen (secondary N) is 1. The van der Waals surface area contributed by atoms with Crippen molar-refractivity contribution in [1.82, 2.24) is 20.3 Å². The van der Waals surface area contributed by atoms with Crippen molar-refractivity contribution in [2.45, 2.75) is 25.9 Å². The number of rotatable bonds is 6. The smallest absolute Gasteiger partial charge is 0.0969 e. The number of benzene rings is 1. The third-order valence-electron chi connectivity index (χ3n) is 2.81. The highest BCUT2D eigenvalue weighted by atomic mass is 16.3. The predicted molar refractivity (Wildman–Crippen MR) is 69.4 cm³/mol. The van der Waals surface area contributed by atoms with Crippen LogP contribution in [0.5, 0.6) is 0 Å². The third kappa shape index (κ3) is 3.15. The van der Waals surface area contributed by atoms with Crippen molar-refractivity contribution in [3.05, 3.63) is 42.2 Å². The van der Waals surface area contributed by atoms with Gasteiger partial charge in [-0.15, -0.1) is 0 Å². The predicted octanol–water partition coefficient (Wildman–Crippen LogP) is 1.13. The quantitative estimate of drug-likeness (QED) is 0.802. The Morgan fingerprint density at radius 3 is 2.78 bits per heavy atom. The summed E-state index contributed by atoms with van der Waals surface area (Å²) in [6.45, 7) is 2.80. The molecule has 0 spiro atoms. The molecule has 18 heavy (non-hydrogen) atoms. The fourth-order valence-corrected chi connectivity index (χ4v) is 1.65. The Balaban J connectivity index is 1.98. The number of hydrogen-bond donors (Lipinski definition) is 2. The molecule has 0 fully saturated rings. The summed E-state index contributed by atoms with van der Waals surface area (Å²) in [7, 11) is 0. The lowest BCUT2D eigenvalue weighted by Crippen LogP contribution is -2.31. The largest absolute Gasteiger partial charge is 0.395 e. The topological polar surface area (TPSA) is 63.0 Å². The van der Waals surface area contributed by atoms with Crippen LogP contribution in [0.3, 0.4) is 0 Å². The maximum atomic E-state index is 9.08. The monoisotopic (exact) mass is 246 g/mol. The van der Waals surface area contributed by atoms with Crippen LogP contribution in [-0.2, 0) is 6.54 Å². The van der Waals surface area contributed by atoms with Crippen LogP contribution in [0.15, 0.2) is 36.5 Å². The van der Waals surface area contributed by atoms with Gasteiger partial charge in [0.15, 0.2) is 0 Å². The highest BCUT2D eigenvalue weighted by Gasteiger charge is 2.06. The molecule has 0 unspecified atom stereocenters. The Morgan fingerprint density at radius 2 is 2.11 bits per heavy atom. The van der Waals surface area contributed by atoms with Gasteiger partial charge in [0.05, 0.1) is 24.2 Å². The summed E-state index contributed by atoms with van der Waals surface area (Å²) in [6, 6.07) is 9.90. The van der Waals surface area contributed by atoms with E-state index in [2.05, 4.69) is 15.5 Å². The highest BCUT2D eigenvalue weighted by Crippen LogP contribution is 2.04. The second-order valence-electron chi connectivity index (χ2n) is 4.13. The highest BCUT2D eigenvalue weighted by molar-refractivity contribution is 5.28. The van der Waals surface area contributed by atoms with Gasteiger partial charge in [0, 0.05) is 12.6 Å². The van der Waals surface area contributed by atoms with Gasteiger partial charge < -0.3 is 10.4 Å². The molecule has 1 aromatic carbocycles. The van der Waals surface area contributed by atoms with Gasteiger partial charge in [-0.2, -0.15) is 15.0 Å². The number of aliphatic hydroxyl groups is 1. The average molecular weight is 246 g/mol. The van der Waals surface area contributed by atoms with E-state index in [0.717, 1.165) is 17.8 Å². The fraction of sp³-hybridized carbons (Fsp3) is 0.385. The first-order chi connectivity index (χ1) is 8.83. The molecule has 0 radical (unpaired) electrons. The van der Waals surface area contributed by atoms with E-state index < -0.39 is 0 Å². The van der Waals surface area contributed by atoms with E-state index in [1.165, 1.54) is 0 Å². The fourth-order valence-electron chi connectivity index (χ4n) is 1.65. The van der Waals surface area contributed by atoms with Crippen LogP contribution in [0.1, 0.15) is 19.0 Å². The molecule has 0 amide bonds. The first kappa shape index (κ1) is 12.7. The van der Waals surface area contributed by atoms with E-state index in [1.54, 1.807) is 11.0 Å². The van der Waals surface area contributed by atoms with Crippen molar-refractivity contribution in [2.24, 2.45) is 0 Å². The molecule has 96 valence electrons. The van der Waals surface area contributed by atoms with Gasteiger partial charge in [0.25, 0.3) is 0 Å². The Hall–Kier alpha value is -1.72. The minimum absolute atomic E-state index is 0.117. The van der Waals surface area contributed by atoms with E-state index in [1.807, 2.05) is 37.3 Å². The number of nitrogens with zero attached hydrogens (tertiary/aromatic N) is 3. The van der Waals surface area contributed by atoms with Crippen LogP contribution >= 0.6 is 0 Å². The molecule has 1 heterocycles. The van der Waals surface area contributed by atoms with Crippen LogP contribution in [-0.4, -0.2) is 32.7 Å². The summed E-state index contributed by atoms with van der Waals surface area (Å²) in [4.78, 5) is 1.61. The normalized spacial score (nSPS) is 12.6. The van der Waals surface area contributed by atoms with Gasteiger partial charge >= 0.3 is 0 Å². The zero-order valence-corrected chi connectivity index (χ0v) is 10.5. The standard InChI is InChI=1S/C13H18N4O/c1-2-11(10-18)14-8-12-9-15-17(16-12)13-6-4-3-5-7-13/h3-7,9,11,14,18H,2,8,10H2,1H3/t11-/m0/s1. The van der Waals surface area contributed by atoms with Gasteiger partial charge in [-0.3, -0.25) is 0 Å². The molecule has 0 saturated heterocycles. The van der Waals surface area contributed by atoms with Crippen molar-refractivity contribution in [3.63, 3.8) is 0 Å². The Bertz CT molecular complexity index is 465. The molecule has 1 atom stereocenters. The Labute approximate surface area is 106 Å². The first-order valence-corrected chi connectivity index (χ1v) is 6.14. The van der Waals surface area contributed by atoms with Gasteiger partial charge in [-0.1, -0.05) is 25.1 Å². The molecule has 0 aliphatic rings. The van der Waals surface area contributed by atoms with Crippen LogP contribution in [0, 0.1) is 0 Å². The summed E-state index contributed by atoms with van der Waals surface area (Å²) in [5, 5.41) is 20.9. The number of aromatic nitrogens is 3. The number of aliphatic hydroxyl groups excluding tert-OH is 1. The molecular weight excluding hydrogens is 228 g/mol. The van der Waals surface area contributed by atoms with E-state index in [9.17, 15) is 0 Å². The second-order valence-corrected chi connectivity index (χ2v) is 4.13. The van der Waals surface area contributed by atoms with Gasteiger partial charge in [-0.05, 0) is 18.6 Å². The van der Waals surface area contributed by atoms with Gasteiger partial charge in [0.2, 0.25) is 0 Å². The number of hydrogen-bond acceptors (Lipinski definition) is 4. The van der Waals surface area contributed by atoms with E-state index in [4.69, 9.17) is 5.11 Å². The van der Waals surface area contributed by atoms with Crippen molar-refractivity contribution >= 4 is 0 Å². The lowest BCUT2D eigenvalue weighted by atomic mass is 10.2. The van der Waals surface area contributed by atoms with Crippen molar-refractivity contribution in [1.29, 1.82) is 0 Å². The lowest BCUT2D eigenvalue weighted by Gasteiger charge is -2.11. The molecule has 5 nitrogen and oxygen atoms in total. The summed E-state index contributed by atoms with van der Waals surface area (Å²) >= 11 is 0.